The molecule has 2 amide bonds. The van der Waals surface area contributed by atoms with Crippen molar-refractivity contribution in [1.82, 2.24) is 25.6 Å². The molecule has 27 heavy (non-hydrogen) atoms. The van der Waals surface area contributed by atoms with Crippen molar-refractivity contribution in [3.8, 4) is 0 Å². The molecule has 8 nitrogen and oxygen atoms in total. The number of amides is 2. The molecule has 144 valence electrons. The Labute approximate surface area is 158 Å². The van der Waals surface area contributed by atoms with Crippen molar-refractivity contribution in [2.24, 2.45) is 0 Å². The van der Waals surface area contributed by atoms with Gasteiger partial charge < -0.3 is 16.0 Å². The molecule has 3 rings (SSSR count). The molecule has 0 saturated carbocycles. The standard InChI is InChI=1S/C19H26N6O2/c1-12(2)21-18(26)16-5-4-14(10-13(16)3)22-19(27)17-11-25(24-23-17)15-6-8-20-9-7-15/h4-5,10-12,15,20H,6-9H2,1-3H3,(H,21,26)(H,22,27). The quantitative estimate of drug-likeness (QED) is 0.746. The molecule has 2 heterocycles. The lowest BCUT2D eigenvalue weighted by Gasteiger charge is -2.22. The van der Waals surface area contributed by atoms with Crippen LogP contribution in [0.4, 0.5) is 5.69 Å². The summed E-state index contributed by atoms with van der Waals surface area (Å²) in [6.45, 7) is 7.57. The summed E-state index contributed by atoms with van der Waals surface area (Å²) in [6.07, 6.45) is 3.65. The lowest BCUT2D eigenvalue weighted by atomic mass is 10.1. The number of piperidine rings is 1. The highest BCUT2D eigenvalue weighted by Crippen LogP contribution is 2.19. The number of hydrogen-bond donors (Lipinski definition) is 3. The third kappa shape index (κ3) is 4.71. The van der Waals surface area contributed by atoms with E-state index >= 15 is 0 Å². The van der Waals surface area contributed by atoms with Crippen molar-refractivity contribution in [3.63, 3.8) is 0 Å². The minimum atomic E-state index is -0.311. The molecular weight excluding hydrogens is 344 g/mol. The first-order valence-corrected chi connectivity index (χ1v) is 9.29. The molecule has 1 aromatic carbocycles. The normalized spacial score (nSPS) is 15.0. The monoisotopic (exact) mass is 370 g/mol. The maximum atomic E-state index is 12.5. The minimum Gasteiger partial charge on any atom is -0.350 e. The van der Waals surface area contributed by atoms with Crippen LogP contribution in [0, 0.1) is 6.92 Å². The predicted molar refractivity (Wildman–Crippen MR) is 103 cm³/mol. The summed E-state index contributed by atoms with van der Waals surface area (Å²) in [5.74, 6) is -0.431. The van der Waals surface area contributed by atoms with Gasteiger partial charge >= 0.3 is 0 Å². The highest BCUT2D eigenvalue weighted by atomic mass is 16.2. The van der Waals surface area contributed by atoms with Crippen LogP contribution in [0.3, 0.4) is 0 Å². The number of aromatic nitrogens is 3. The average molecular weight is 370 g/mol. The molecule has 1 fully saturated rings. The maximum Gasteiger partial charge on any atom is 0.277 e. The first kappa shape index (κ1) is 19.0. The van der Waals surface area contributed by atoms with E-state index in [9.17, 15) is 9.59 Å². The van der Waals surface area contributed by atoms with Crippen LogP contribution >= 0.6 is 0 Å². The van der Waals surface area contributed by atoms with Gasteiger partial charge in [-0.1, -0.05) is 5.21 Å². The first-order chi connectivity index (χ1) is 12.9. The molecular formula is C19H26N6O2. The highest BCUT2D eigenvalue weighted by Gasteiger charge is 2.19. The van der Waals surface area contributed by atoms with E-state index in [4.69, 9.17) is 0 Å². The summed E-state index contributed by atoms with van der Waals surface area (Å²) in [5, 5.41) is 17.1. The second-order valence-electron chi connectivity index (χ2n) is 7.18. The molecule has 3 N–H and O–H groups in total. The van der Waals surface area contributed by atoms with E-state index in [2.05, 4.69) is 26.3 Å². The Morgan fingerprint density at radius 2 is 1.96 bits per heavy atom. The van der Waals surface area contributed by atoms with Crippen LogP contribution in [0.2, 0.25) is 0 Å². The summed E-state index contributed by atoms with van der Waals surface area (Å²) in [7, 11) is 0. The molecule has 0 spiro atoms. The topological polar surface area (TPSA) is 101 Å². The Morgan fingerprint density at radius 3 is 2.63 bits per heavy atom. The Morgan fingerprint density at radius 1 is 1.22 bits per heavy atom. The van der Waals surface area contributed by atoms with Crippen LogP contribution in [0.5, 0.6) is 0 Å². The first-order valence-electron chi connectivity index (χ1n) is 9.29. The van der Waals surface area contributed by atoms with Crippen LogP contribution in [-0.4, -0.2) is 45.9 Å². The van der Waals surface area contributed by atoms with Crippen molar-refractivity contribution in [3.05, 3.63) is 41.2 Å². The summed E-state index contributed by atoms with van der Waals surface area (Å²) in [4.78, 5) is 24.6. The Balaban J connectivity index is 1.66. The minimum absolute atomic E-state index is 0.0684. The molecule has 0 unspecified atom stereocenters. The Bertz CT molecular complexity index is 823. The number of anilines is 1. The number of nitrogens with zero attached hydrogens (tertiary/aromatic N) is 3. The van der Waals surface area contributed by atoms with Crippen LogP contribution in [0.25, 0.3) is 0 Å². The maximum absolute atomic E-state index is 12.5. The van der Waals surface area contributed by atoms with Crippen LogP contribution in [-0.2, 0) is 0 Å². The molecule has 2 aromatic rings. The second kappa shape index (κ2) is 8.30. The van der Waals surface area contributed by atoms with E-state index in [0.717, 1.165) is 31.5 Å². The number of nitrogens with one attached hydrogen (secondary N) is 3. The third-order valence-corrected chi connectivity index (χ3v) is 4.57. The zero-order valence-electron chi connectivity index (χ0n) is 16.0. The second-order valence-corrected chi connectivity index (χ2v) is 7.18. The van der Waals surface area contributed by atoms with Crippen molar-refractivity contribution in [1.29, 1.82) is 0 Å². The smallest absolute Gasteiger partial charge is 0.277 e. The van der Waals surface area contributed by atoms with E-state index in [1.165, 1.54) is 0 Å². The number of carbonyl (C=O) groups is 2. The number of carbonyl (C=O) groups excluding carboxylic acids is 2. The molecule has 8 heteroatoms. The van der Waals surface area contributed by atoms with Crippen LogP contribution in [0.1, 0.15) is 59.1 Å². The van der Waals surface area contributed by atoms with Gasteiger partial charge in [-0.15, -0.1) is 5.10 Å². The van der Waals surface area contributed by atoms with E-state index in [0.29, 0.717) is 11.3 Å². The zero-order chi connectivity index (χ0) is 19.4. The Kier molecular flexibility index (Phi) is 5.85. The summed E-state index contributed by atoms with van der Waals surface area (Å²) < 4.78 is 1.78. The van der Waals surface area contributed by atoms with E-state index in [-0.39, 0.29) is 29.6 Å². The molecule has 0 atom stereocenters. The SMILES string of the molecule is Cc1cc(NC(=O)c2cn(C3CCNCC3)nn2)ccc1C(=O)NC(C)C. The molecule has 0 radical (unpaired) electrons. The van der Waals surface area contributed by atoms with Gasteiger partial charge in [0, 0.05) is 17.3 Å². The number of benzene rings is 1. The summed E-state index contributed by atoms with van der Waals surface area (Å²) in [6, 6.07) is 5.57. The van der Waals surface area contributed by atoms with Gasteiger partial charge in [0.15, 0.2) is 5.69 Å². The highest BCUT2D eigenvalue weighted by molar-refractivity contribution is 6.03. The fraction of sp³-hybridized carbons (Fsp3) is 0.474. The van der Waals surface area contributed by atoms with Crippen LogP contribution < -0.4 is 16.0 Å². The van der Waals surface area contributed by atoms with Gasteiger partial charge in [0.05, 0.1) is 12.2 Å². The fourth-order valence-electron chi connectivity index (χ4n) is 3.16. The third-order valence-electron chi connectivity index (χ3n) is 4.57. The molecule has 0 aliphatic carbocycles. The van der Waals surface area contributed by atoms with Gasteiger partial charge in [-0.25, -0.2) is 4.68 Å². The van der Waals surface area contributed by atoms with Gasteiger partial charge in [0.1, 0.15) is 0 Å². The lowest BCUT2D eigenvalue weighted by molar-refractivity contribution is 0.0942. The van der Waals surface area contributed by atoms with E-state index in [1.54, 1.807) is 29.1 Å². The Hall–Kier alpha value is -2.74. The number of aryl methyl sites for hydroxylation is 1. The van der Waals surface area contributed by atoms with Crippen molar-refractivity contribution in [2.75, 3.05) is 18.4 Å². The van der Waals surface area contributed by atoms with Gasteiger partial charge in [0.25, 0.3) is 11.8 Å². The van der Waals surface area contributed by atoms with E-state index < -0.39 is 0 Å². The molecule has 1 aromatic heterocycles. The lowest BCUT2D eigenvalue weighted by Crippen LogP contribution is -2.30. The molecule has 1 aliphatic heterocycles. The molecule has 1 saturated heterocycles. The summed E-state index contributed by atoms with van der Waals surface area (Å²) >= 11 is 0. The largest absolute Gasteiger partial charge is 0.350 e. The number of hydrogen-bond acceptors (Lipinski definition) is 5. The van der Waals surface area contributed by atoms with Gasteiger partial charge in [-0.3, -0.25) is 9.59 Å². The van der Waals surface area contributed by atoms with Gasteiger partial charge in [-0.05, 0) is 70.5 Å². The molecule has 0 bridgehead atoms. The zero-order valence-corrected chi connectivity index (χ0v) is 16.0. The van der Waals surface area contributed by atoms with Crippen molar-refractivity contribution < 1.29 is 9.59 Å². The van der Waals surface area contributed by atoms with Gasteiger partial charge in [-0.2, -0.15) is 0 Å². The molecule has 1 aliphatic rings. The van der Waals surface area contributed by atoms with Crippen LogP contribution in [0.15, 0.2) is 24.4 Å². The van der Waals surface area contributed by atoms with E-state index in [1.807, 2.05) is 20.8 Å². The van der Waals surface area contributed by atoms with Crippen molar-refractivity contribution in [2.45, 2.75) is 45.7 Å². The fourth-order valence-corrected chi connectivity index (χ4v) is 3.16. The summed E-state index contributed by atoms with van der Waals surface area (Å²) in [5.41, 5.74) is 2.30. The van der Waals surface area contributed by atoms with Gasteiger partial charge in [0.2, 0.25) is 0 Å². The predicted octanol–water partition coefficient (Wildman–Crippen LogP) is 1.90. The van der Waals surface area contributed by atoms with Crippen molar-refractivity contribution >= 4 is 17.5 Å². The average Bonchev–Trinajstić information content (AvgIpc) is 3.12. The number of rotatable bonds is 5.